The lowest BCUT2D eigenvalue weighted by molar-refractivity contribution is -0.135. The Hall–Kier alpha value is -3.64. The van der Waals surface area contributed by atoms with E-state index in [1.807, 2.05) is 47.2 Å². The molecule has 1 saturated heterocycles. The number of amides is 2. The van der Waals surface area contributed by atoms with E-state index < -0.39 is 11.8 Å². The Labute approximate surface area is 227 Å². The second-order valence-electron chi connectivity index (χ2n) is 8.95. The van der Waals surface area contributed by atoms with Gasteiger partial charge in [-0.3, -0.25) is 19.9 Å². The SMILES string of the molecule is CC1=CC(=O)N(Nc2nc(-c3cccs3)nc3scc(-c4cccc(OCCN5CCOCC5)c4)c23)C1=O. The summed E-state index contributed by atoms with van der Waals surface area (Å²) >= 11 is 3.02. The second kappa shape index (κ2) is 10.6. The number of nitrogens with one attached hydrogen (secondary N) is 1. The summed E-state index contributed by atoms with van der Waals surface area (Å²) in [6.45, 7) is 6.41. The van der Waals surface area contributed by atoms with E-state index in [-0.39, 0.29) is 0 Å². The maximum absolute atomic E-state index is 12.6. The van der Waals surface area contributed by atoms with E-state index in [0.717, 1.165) is 69.8 Å². The van der Waals surface area contributed by atoms with Crippen LogP contribution in [0.5, 0.6) is 5.75 Å². The first-order valence-corrected chi connectivity index (χ1v) is 14.0. The van der Waals surface area contributed by atoms with Crippen LogP contribution in [0, 0.1) is 0 Å². The molecule has 1 aromatic carbocycles. The first-order valence-electron chi connectivity index (χ1n) is 12.3. The minimum atomic E-state index is -0.426. The number of hydrogen-bond donors (Lipinski definition) is 1. The third-order valence-electron chi connectivity index (χ3n) is 6.42. The van der Waals surface area contributed by atoms with Gasteiger partial charge in [-0.15, -0.1) is 22.7 Å². The molecule has 2 amide bonds. The summed E-state index contributed by atoms with van der Waals surface area (Å²) in [4.78, 5) is 38.7. The van der Waals surface area contributed by atoms with Crippen LogP contribution in [0.15, 0.2) is 58.8 Å². The highest BCUT2D eigenvalue weighted by molar-refractivity contribution is 7.17. The van der Waals surface area contributed by atoms with Crippen LogP contribution in [0.1, 0.15) is 6.92 Å². The number of carbonyl (C=O) groups is 2. The van der Waals surface area contributed by atoms with E-state index >= 15 is 0 Å². The van der Waals surface area contributed by atoms with Crippen molar-refractivity contribution < 1.29 is 19.1 Å². The minimum absolute atomic E-state index is 0.374. The first kappa shape index (κ1) is 24.7. The molecule has 3 aromatic heterocycles. The molecule has 0 spiro atoms. The van der Waals surface area contributed by atoms with Crippen LogP contribution in [0.3, 0.4) is 0 Å². The monoisotopic (exact) mass is 547 g/mol. The molecule has 0 bridgehead atoms. The molecular formula is C27H25N5O4S2. The van der Waals surface area contributed by atoms with Crippen LogP contribution in [0.4, 0.5) is 5.82 Å². The van der Waals surface area contributed by atoms with E-state index in [1.165, 1.54) is 28.7 Å². The molecule has 1 fully saturated rings. The van der Waals surface area contributed by atoms with Crippen molar-refractivity contribution in [2.75, 3.05) is 44.9 Å². The van der Waals surface area contributed by atoms with E-state index in [1.54, 1.807) is 6.92 Å². The lowest BCUT2D eigenvalue weighted by Gasteiger charge is -2.26. The van der Waals surface area contributed by atoms with E-state index in [4.69, 9.17) is 19.4 Å². The van der Waals surface area contributed by atoms with E-state index in [9.17, 15) is 9.59 Å². The van der Waals surface area contributed by atoms with Crippen LogP contribution >= 0.6 is 22.7 Å². The Balaban J connectivity index is 1.33. The maximum Gasteiger partial charge on any atom is 0.275 e. The van der Waals surface area contributed by atoms with Gasteiger partial charge in [-0.25, -0.2) is 9.97 Å². The molecule has 0 radical (unpaired) electrons. The largest absolute Gasteiger partial charge is 0.492 e. The quantitative estimate of drug-likeness (QED) is 0.324. The van der Waals surface area contributed by atoms with Crippen molar-refractivity contribution in [2.45, 2.75) is 6.92 Å². The third kappa shape index (κ3) is 4.93. The third-order valence-corrected chi connectivity index (χ3v) is 8.16. The van der Waals surface area contributed by atoms with Crippen molar-refractivity contribution in [2.24, 2.45) is 0 Å². The van der Waals surface area contributed by atoms with Gasteiger partial charge in [0, 0.05) is 42.2 Å². The van der Waals surface area contributed by atoms with E-state index in [2.05, 4.69) is 10.3 Å². The van der Waals surface area contributed by atoms with Crippen LogP contribution in [-0.2, 0) is 14.3 Å². The summed E-state index contributed by atoms with van der Waals surface area (Å²) < 4.78 is 11.5. The van der Waals surface area contributed by atoms with Gasteiger partial charge in [-0.05, 0) is 36.1 Å². The van der Waals surface area contributed by atoms with Gasteiger partial charge in [0.25, 0.3) is 11.8 Å². The fraction of sp³-hybridized carbons (Fsp3) is 0.259. The zero-order valence-corrected chi connectivity index (χ0v) is 22.3. The summed E-state index contributed by atoms with van der Waals surface area (Å²) in [5, 5.41) is 5.72. The molecule has 6 rings (SSSR count). The summed E-state index contributed by atoms with van der Waals surface area (Å²) in [6, 6.07) is 11.8. The Bertz CT molecular complexity index is 1530. The number of fused-ring (bicyclic) bond motifs is 1. The molecule has 0 saturated carbocycles. The molecule has 1 N–H and O–H groups in total. The number of nitrogens with zero attached hydrogens (tertiary/aromatic N) is 4. The van der Waals surface area contributed by atoms with Gasteiger partial charge in [0.15, 0.2) is 11.6 Å². The average molecular weight is 548 g/mol. The van der Waals surface area contributed by atoms with E-state index in [0.29, 0.717) is 23.8 Å². The number of carbonyl (C=O) groups excluding carboxylic acids is 2. The minimum Gasteiger partial charge on any atom is -0.492 e. The number of morpholine rings is 1. The summed E-state index contributed by atoms with van der Waals surface area (Å²) in [6.07, 6.45) is 1.32. The summed E-state index contributed by atoms with van der Waals surface area (Å²) in [5.74, 6) is 0.882. The zero-order valence-electron chi connectivity index (χ0n) is 20.7. The summed E-state index contributed by atoms with van der Waals surface area (Å²) in [5.41, 5.74) is 5.20. The van der Waals surface area contributed by atoms with Crippen molar-refractivity contribution in [3.05, 3.63) is 58.8 Å². The molecule has 194 valence electrons. The average Bonchev–Trinajstić information content (AvgIpc) is 3.67. The predicted molar refractivity (Wildman–Crippen MR) is 148 cm³/mol. The number of anilines is 1. The summed E-state index contributed by atoms with van der Waals surface area (Å²) in [7, 11) is 0. The topological polar surface area (TPSA) is 96.9 Å². The van der Waals surface area contributed by atoms with Crippen molar-refractivity contribution in [1.82, 2.24) is 19.9 Å². The van der Waals surface area contributed by atoms with Gasteiger partial charge in [0.2, 0.25) is 0 Å². The number of hydrogen-bond acceptors (Lipinski definition) is 10. The smallest absolute Gasteiger partial charge is 0.275 e. The highest BCUT2D eigenvalue weighted by atomic mass is 32.1. The number of thiophene rings is 2. The number of aromatic nitrogens is 2. The van der Waals surface area contributed by atoms with Crippen LogP contribution in [0.25, 0.3) is 32.0 Å². The Morgan fingerprint density at radius 2 is 1.97 bits per heavy atom. The normalized spacial score (nSPS) is 16.3. The molecule has 0 atom stereocenters. The Kier molecular flexibility index (Phi) is 6.90. The van der Waals surface area contributed by atoms with Gasteiger partial charge in [0.05, 0.1) is 23.5 Å². The van der Waals surface area contributed by atoms with Gasteiger partial charge in [-0.2, -0.15) is 5.01 Å². The highest BCUT2D eigenvalue weighted by Crippen LogP contribution is 2.40. The van der Waals surface area contributed by atoms with Crippen molar-refractivity contribution in [3.8, 4) is 27.6 Å². The van der Waals surface area contributed by atoms with Gasteiger partial charge < -0.3 is 9.47 Å². The standard InChI is InChI=1S/C27H25N5O4S2/c1-17-14-22(33)32(27(17)34)30-25-23-20(16-38-26(23)29-24(28-25)21-6-3-13-37-21)18-4-2-5-19(15-18)36-12-9-31-7-10-35-11-8-31/h2-6,13-16H,7-12H2,1H3,(H,28,29,30). The van der Waals surface area contributed by atoms with Crippen molar-refractivity contribution in [1.29, 1.82) is 0 Å². The van der Waals surface area contributed by atoms with Gasteiger partial charge in [-0.1, -0.05) is 18.2 Å². The number of benzene rings is 1. The lowest BCUT2D eigenvalue weighted by Crippen LogP contribution is -2.38. The number of rotatable bonds is 8. The van der Waals surface area contributed by atoms with Gasteiger partial charge in [0.1, 0.15) is 17.2 Å². The molecule has 0 unspecified atom stereocenters. The Morgan fingerprint density at radius 3 is 2.74 bits per heavy atom. The van der Waals surface area contributed by atoms with Crippen molar-refractivity contribution >= 4 is 50.5 Å². The highest BCUT2D eigenvalue weighted by Gasteiger charge is 2.30. The molecule has 2 aliphatic rings. The predicted octanol–water partition coefficient (Wildman–Crippen LogP) is 4.44. The molecule has 9 nitrogen and oxygen atoms in total. The van der Waals surface area contributed by atoms with Gasteiger partial charge >= 0.3 is 0 Å². The fourth-order valence-corrected chi connectivity index (χ4v) is 6.03. The number of hydrazine groups is 1. The number of ether oxygens (including phenoxy) is 2. The zero-order chi connectivity index (χ0) is 26.1. The molecule has 4 aromatic rings. The van der Waals surface area contributed by atoms with Crippen LogP contribution < -0.4 is 10.2 Å². The fourth-order valence-electron chi connectivity index (χ4n) is 4.42. The van der Waals surface area contributed by atoms with Crippen LogP contribution in [0.2, 0.25) is 0 Å². The second-order valence-corrected chi connectivity index (χ2v) is 10.8. The Morgan fingerprint density at radius 1 is 1.11 bits per heavy atom. The molecular weight excluding hydrogens is 522 g/mol. The molecule has 2 aliphatic heterocycles. The maximum atomic E-state index is 12.6. The van der Waals surface area contributed by atoms with Crippen LogP contribution in [-0.4, -0.2) is 71.1 Å². The molecule has 38 heavy (non-hydrogen) atoms. The first-order chi connectivity index (χ1) is 18.6. The lowest BCUT2D eigenvalue weighted by atomic mass is 10.1. The number of imide groups is 1. The molecule has 11 heteroatoms. The van der Waals surface area contributed by atoms with Crippen molar-refractivity contribution in [3.63, 3.8) is 0 Å². The molecule has 0 aliphatic carbocycles. The molecule has 5 heterocycles.